The monoisotopic (exact) mass is 369 g/mol. The van der Waals surface area contributed by atoms with Crippen LogP contribution >= 0.6 is 11.3 Å². The highest BCUT2D eigenvalue weighted by molar-refractivity contribution is 7.18. The second-order valence-corrected chi connectivity index (χ2v) is 7.60. The number of aromatic hydroxyl groups is 2. The number of hydrogen-bond acceptors (Lipinski definition) is 5. The van der Waals surface area contributed by atoms with Crippen molar-refractivity contribution in [3.05, 3.63) is 52.5 Å². The van der Waals surface area contributed by atoms with Crippen molar-refractivity contribution in [1.82, 2.24) is 4.98 Å². The van der Waals surface area contributed by atoms with E-state index in [0.29, 0.717) is 12.0 Å². The summed E-state index contributed by atoms with van der Waals surface area (Å²) >= 11 is 1.49. The third kappa shape index (κ3) is 4.22. The smallest absolute Gasteiger partial charge is 0.173 e. The molecule has 0 unspecified atom stereocenters. The van der Waals surface area contributed by atoms with Gasteiger partial charge in [0.05, 0.1) is 22.2 Å². The Balaban J connectivity index is 1.77. The molecule has 26 heavy (non-hydrogen) atoms. The lowest BCUT2D eigenvalue weighted by Gasteiger charge is -2.09. The number of aromatic nitrogens is 1. The number of Topliss-reactive ketones (excluding diaryl/α,β-unsaturated/α-hetero) is 1. The second kappa shape index (κ2) is 8.32. The Kier molecular flexibility index (Phi) is 5.89. The first-order chi connectivity index (χ1) is 12.6. The Hall–Kier alpha value is -2.40. The maximum atomic E-state index is 12.7. The highest BCUT2D eigenvalue weighted by Gasteiger charge is 2.17. The van der Waals surface area contributed by atoms with Crippen molar-refractivity contribution in [3.63, 3.8) is 0 Å². The van der Waals surface area contributed by atoms with Gasteiger partial charge in [0.25, 0.3) is 0 Å². The molecule has 0 aliphatic carbocycles. The molecule has 2 N–H and O–H groups in total. The van der Waals surface area contributed by atoms with E-state index in [1.807, 2.05) is 24.3 Å². The van der Waals surface area contributed by atoms with E-state index >= 15 is 0 Å². The van der Waals surface area contributed by atoms with Gasteiger partial charge in [-0.05, 0) is 36.6 Å². The lowest BCUT2D eigenvalue weighted by atomic mass is 9.99. The number of carbonyl (C=O) groups excluding carboxylic acids is 1. The molecule has 0 aliphatic heterocycles. The quantitative estimate of drug-likeness (QED) is 0.420. The summed E-state index contributed by atoms with van der Waals surface area (Å²) in [5.74, 6) is -0.308. The Bertz CT molecular complexity index is 884. The SMILES string of the molecule is CCCCCCc1cc(C(=O)Cc2nc3ccccc3s2)c(O)cc1O. The number of unbranched alkanes of at least 4 members (excludes halogenated alkanes) is 3. The van der Waals surface area contributed by atoms with E-state index in [2.05, 4.69) is 11.9 Å². The van der Waals surface area contributed by atoms with Crippen LogP contribution < -0.4 is 0 Å². The molecule has 0 spiro atoms. The number of nitrogens with zero attached hydrogens (tertiary/aromatic N) is 1. The third-order valence-electron chi connectivity index (χ3n) is 4.45. The van der Waals surface area contributed by atoms with E-state index in [4.69, 9.17) is 0 Å². The Morgan fingerprint density at radius 2 is 1.88 bits per heavy atom. The topological polar surface area (TPSA) is 70.4 Å². The molecule has 136 valence electrons. The molecule has 0 amide bonds. The van der Waals surface area contributed by atoms with Gasteiger partial charge in [0.2, 0.25) is 0 Å². The van der Waals surface area contributed by atoms with E-state index in [1.54, 1.807) is 6.07 Å². The van der Waals surface area contributed by atoms with Gasteiger partial charge >= 0.3 is 0 Å². The number of phenolic OH excluding ortho intramolecular Hbond substituents is 2. The van der Waals surface area contributed by atoms with Crippen LogP contribution in [-0.2, 0) is 12.8 Å². The highest BCUT2D eigenvalue weighted by Crippen LogP contribution is 2.30. The minimum Gasteiger partial charge on any atom is -0.508 e. The number of carbonyl (C=O) groups is 1. The van der Waals surface area contributed by atoms with Crippen LogP contribution in [0.5, 0.6) is 11.5 Å². The predicted molar refractivity (Wildman–Crippen MR) is 105 cm³/mol. The number of aryl methyl sites for hydroxylation is 1. The molecular weight excluding hydrogens is 346 g/mol. The Morgan fingerprint density at radius 3 is 2.65 bits per heavy atom. The van der Waals surface area contributed by atoms with E-state index < -0.39 is 0 Å². The number of fused-ring (bicyclic) bond motifs is 1. The summed E-state index contributed by atoms with van der Waals surface area (Å²) in [6, 6.07) is 10.7. The largest absolute Gasteiger partial charge is 0.508 e. The normalized spacial score (nSPS) is 11.1. The van der Waals surface area contributed by atoms with Crippen LogP contribution in [-0.4, -0.2) is 21.0 Å². The third-order valence-corrected chi connectivity index (χ3v) is 5.48. The lowest BCUT2D eigenvalue weighted by Crippen LogP contribution is -2.05. The zero-order chi connectivity index (χ0) is 18.5. The van der Waals surface area contributed by atoms with Crippen molar-refractivity contribution in [2.24, 2.45) is 0 Å². The van der Waals surface area contributed by atoms with Gasteiger partial charge in [-0.1, -0.05) is 38.3 Å². The van der Waals surface area contributed by atoms with Gasteiger partial charge in [0.15, 0.2) is 5.78 Å². The van der Waals surface area contributed by atoms with E-state index in [1.165, 1.54) is 17.4 Å². The standard InChI is InChI=1S/C21H23NO3S/c1-2-3-4-5-8-14-11-15(18(24)12-17(14)23)19(25)13-21-22-16-9-6-7-10-20(16)26-21/h6-7,9-12,23-24H,2-5,8,13H2,1H3. The van der Waals surface area contributed by atoms with Gasteiger partial charge < -0.3 is 10.2 Å². The summed E-state index contributed by atoms with van der Waals surface area (Å²) in [6.45, 7) is 2.15. The van der Waals surface area contributed by atoms with Gasteiger partial charge in [-0.15, -0.1) is 11.3 Å². The van der Waals surface area contributed by atoms with Crippen molar-refractivity contribution in [3.8, 4) is 11.5 Å². The highest BCUT2D eigenvalue weighted by atomic mass is 32.1. The first-order valence-electron chi connectivity index (χ1n) is 9.01. The maximum Gasteiger partial charge on any atom is 0.173 e. The van der Waals surface area contributed by atoms with Gasteiger partial charge in [-0.25, -0.2) is 4.98 Å². The van der Waals surface area contributed by atoms with Crippen LogP contribution in [0.1, 0.15) is 53.5 Å². The molecule has 1 aromatic heterocycles. The fraction of sp³-hybridized carbons (Fsp3) is 0.333. The van der Waals surface area contributed by atoms with Crippen molar-refractivity contribution in [2.45, 2.75) is 45.4 Å². The maximum absolute atomic E-state index is 12.7. The minimum atomic E-state index is -0.184. The van der Waals surface area contributed by atoms with Crippen molar-refractivity contribution in [2.75, 3.05) is 0 Å². The molecule has 1 heterocycles. The van der Waals surface area contributed by atoms with Crippen LogP contribution in [0.3, 0.4) is 0 Å². The first-order valence-corrected chi connectivity index (χ1v) is 9.82. The summed E-state index contributed by atoms with van der Waals surface area (Å²) in [6.07, 6.45) is 5.19. The second-order valence-electron chi connectivity index (χ2n) is 6.48. The molecule has 0 saturated carbocycles. The molecular formula is C21H23NO3S. The molecule has 2 aromatic carbocycles. The Labute approximate surface area is 157 Å². The fourth-order valence-corrected chi connectivity index (χ4v) is 3.98. The molecule has 5 heteroatoms. The molecule has 3 rings (SSSR count). The predicted octanol–water partition coefficient (Wildman–Crippen LogP) is 5.26. The van der Waals surface area contributed by atoms with Gasteiger partial charge in [-0.3, -0.25) is 4.79 Å². The van der Waals surface area contributed by atoms with Crippen molar-refractivity contribution < 1.29 is 15.0 Å². The number of para-hydroxylation sites is 1. The fourth-order valence-electron chi connectivity index (χ4n) is 3.02. The average Bonchev–Trinajstić information content (AvgIpc) is 3.02. The summed E-state index contributed by atoms with van der Waals surface area (Å²) < 4.78 is 1.04. The van der Waals surface area contributed by atoms with Crippen LogP contribution in [0.15, 0.2) is 36.4 Å². The van der Waals surface area contributed by atoms with Crippen LogP contribution in [0.25, 0.3) is 10.2 Å². The van der Waals surface area contributed by atoms with Gasteiger partial charge in [0, 0.05) is 6.07 Å². The number of phenols is 2. The average molecular weight is 369 g/mol. The summed E-state index contributed by atoms with van der Waals surface area (Å²) in [5, 5.41) is 20.9. The molecule has 0 saturated heterocycles. The van der Waals surface area contributed by atoms with E-state index in [9.17, 15) is 15.0 Å². The van der Waals surface area contributed by atoms with E-state index in [-0.39, 0.29) is 29.3 Å². The zero-order valence-electron chi connectivity index (χ0n) is 14.9. The van der Waals surface area contributed by atoms with Gasteiger partial charge in [-0.2, -0.15) is 0 Å². The molecule has 0 fully saturated rings. The number of thiazole rings is 1. The molecule has 0 atom stereocenters. The van der Waals surface area contributed by atoms with Crippen molar-refractivity contribution in [1.29, 1.82) is 0 Å². The number of rotatable bonds is 8. The van der Waals surface area contributed by atoms with Gasteiger partial charge in [0.1, 0.15) is 16.5 Å². The van der Waals surface area contributed by atoms with Crippen molar-refractivity contribution >= 4 is 27.3 Å². The first kappa shape index (κ1) is 18.4. The Morgan fingerprint density at radius 1 is 1.08 bits per heavy atom. The number of ketones is 1. The molecule has 0 radical (unpaired) electrons. The van der Waals surface area contributed by atoms with E-state index in [0.717, 1.165) is 40.9 Å². The summed E-state index contributed by atoms with van der Waals surface area (Å²) in [7, 11) is 0. The number of hydrogen-bond donors (Lipinski definition) is 2. The molecule has 4 nitrogen and oxygen atoms in total. The van der Waals surface area contributed by atoms with Crippen LogP contribution in [0, 0.1) is 0 Å². The molecule has 0 aliphatic rings. The molecule has 3 aromatic rings. The summed E-state index contributed by atoms with van der Waals surface area (Å²) in [5.41, 5.74) is 1.85. The van der Waals surface area contributed by atoms with Crippen LogP contribution in [0.2, 0.25) is 0 Å². The number of benzene rings is 2. The zero-order valence-corrected chi connectivity index (χ0v) is 15.7. The molecule has 0 bridgehead atoms. The minimum absolute atomic E-state index is 0.0514. The summed E-state index contributed by atoms with van der Waals surface area (Å²) in [4.78, 5) is 17.2. The lowest BCUT2D eigenvalue weighted by molar-refractivity contribution is 0.0990. The van der Waals surface area contributed by atoms with Crippen LogP contribution in [0.4, 0.5) is 0 Å².